The van der Waals surface area contributed by atoms with E-state index in [1.54, 1.807) is 44.2 Å². The molecule has 0 heterocycles. The van der Waals surface area contributed by atoms with Crippen molar-refractivity contribution in [3.8, 4) is 0 Å². The number of nitrogens with zero attached hydrogens (tertiary/aromatic N) is 1. The molecule has 1 amide bonds. The third kappa shape index (κ3) is 3.52. The number of nitrogens with two attached hydrogens (primary N) is 1. The lowest BCUT2D eigenvalue weighted by molar-refractivity contribution is -0.119. The van der Waals surface area contributed by atoms with E-state index in [0.29, 0.717) is 5.69 Å². The predicted octanol–water partition coefficient (Wildman–Crippen LogP) is 1.49. The Morgan fingerprint density at radius 2 is 1.61 bits per heavy atom. The summed E-state index contributed by atoms with van der Waals surface area (Å²) in [4.78, 5) is 11.9. The Morgan fingerprint density at radius 3 is 2.13 bits per heavy atom. The molecule has 7 heteroatoms. The molecule has 0 saturated heterocycles. The number of para-hydroxylation sites is 1. The molecule has 0 bridgehead atoms. The zero-order valence-corrected chi connectivity index (χ0v) is 13.8. The molecule has 0 aliphatic carbocycles. The van der Waals surface area contributed by atoms with E-state index in [1.165, 1.54) is 12.1 Å². The van der Waals surface area contributed by atoms with E-state index in [4.69, 9.17) is 5.84 Å². The summed E-state index contributed by atoms with van der Waals surface area (Å²) in [7, 11) is -3.89. The van der Waals surface area contributed by atoms with Crippen LogP contribution in [-0.4, -0.2) is 20.9 Å². The zero-order chi connectivity index (χ0) is 17.0. The summed E-state index contributed by atoms with van der Waals surface area (Å²) in [6.45, 7) is 3.21. The first-order valence-electron chi connectivity index (χ1n) is 7.01. The zero-order valence-electron chi connectivity index (χ0n) is 13.0. The van der Waals surface area contributed by atoms with Gasteiger partial charge < -0.3 is 0 Å². The molecule has 122 valence electrons. The van der Waals surface area contributed by atoms with E-state index >= 15 is 0 Å². The summed E-state index contributed by atoms with van der Waals surface area (Å²) in [6, 6.07) is 13.4. The highest BCUT2D eigenvalue weighted by molar-refractivity contribution is 7.92. The molecule has 3 N–H and O–H groups in total. The Balaban J connectivity index is 2.62. The Hall–Kier alpha value is -2.38. The van der Waals surface area contributed by atoms with Crippen molar-refractivity contribution < 1.29 is 13.2 Å². The number of anilines is 1. The Kier molecular flexibility index (Phi) is 5.02. The molecule has 2 aromatic carbocycles. The van der Waals surface area contributed by atoms with Gasteiger partial charge in [0.1, 0.15) is 6.54 Å². The van der Waals surface area contributed by atoms with Crippen molar-refractivity contribution in [3.63, 3.8) is 0 Å². The first kappa shape index (κ1) is 17.0. The molecule has 23 heavy (non-hydrogen) atoms. The number of nitrogens with one attached hydrogen (secondary N) is 1. The van der Waals surface area contributed by atoms with Crippen molar-refractivity contribution in [1.29, 1.82) is 0 Å². The maximum atomic E-state index is 13.0. The van der Waals surface area contributed by atoms with Gasteiger partial charge in [0.05, 0.1) is 10.6 Å². The van der Waals surface area contributed by atoms with Crippen LogP contribution in [0.25, 0.3) is 0 Å². The highest BCUT2D eigenvalue weighted by Gasteiger charge is 2.28. The molecular weight excluding hydrogens is 314 g/mol. The molecule has 0 spiro atoms. The van der Waals surface area contributed by atoms with Crippen LogP contribution in [0.15, 0.2) is 53.4 Å². The molecule has 0 radical (unpaired) electrons. The summed E-state index contributed by atoms with van der Waals surface area (Å²) in [5.41, 5.74) is 3.99. The molecule has 2 rings (SSSR count). The van der Waals surface area contributed by atoms with Gasteiger partial charge in [0, 0.05) is 0 Å². The Labute approximate surface area is 135 Å². The highest BCUT2D eigenvalue weighted by Crippen LogP contribution is 2.29. The number of hydrogen-bond donors (Lipinski definition) is 2. The maximum absolute atomic E-state index is 13.0. The van der Waals surface area contributed by atoms with Gasteiger partial charge in [-0.05, 0) is 37.1 Å². The van der Waals surface area contributed by atoms with Gasteiger partial charge in [0.25, 0.3) is 15.9 Å². The van der Waals surface area contributed by atoms with Crippen molar-refractivity contribution in [2.24, 2.45) is 5.84 Å². The van der Waals surface area contributed by atoms with Crippen LogP contribution in [0.3, 0.4) is 0 Å². The van der Waals surface area contributed by atoms with Crippen LogP contribution in [0.4, 0.5) is 5.69 Å². The standard InChI is InChI=1S/C16H19N3O3S/c1-12-7-6-8-13(2)16(12)19(11-15(20)18-17)23(21,22)14-9-4-3-5-10-14/h3-10H,11,17H2,1-2H3,(H,18,20). The minimum absolute atomic E-state index is 0.118. The number of hydrazine groups is 1. The van der Waals surface area contributed by atoms with Gasteiger partial charge in [0.2, 0.25) is 0 Å². The molecule has 0 aromatic heterocycles. The van der Waals surface area contributed by atoms with E-state index in [2.05, 4.69) is 0 Å². The molecule has 0 aliphatic heterocycles. The van der Waals surface area contributed by atoms with Gasteiger partial charge in [-0.15, -0.1) is 0 Å². The van der Waals surface area contributed by atoms with Crippen molar-refractivity contribution >= 4 is 21.6 Å². The molecule has 0 saturated carbocycles. The van der Waals surface area contributed by atoms with Gasteiger partial charge in [-0.2, -0.15) is 0 Å². The summed E-state index contributed by atoms with van der Waals surface area (Å²) in [6.07, 6.45) is 0. The Morgan fingerprint density at radius 1 is 1.04 bits per heavy atom. The Bertz CT molecular complexity index is 784. The first-order valence-corrected chi connectivity index (χ1v) is 8.45. The van der Waals surface area contributed by atoms with Crippen LogP contribution >= 0.6 is 0 Å². The summed E-state index contributed by atoms with van der Waals surface area (Å²) in [5, 5.41) is 0. The van der Waals surface area contributed by atoms with Crippen LogP contribution < -0.4 is 15.6 Å². The molecule has 2 aromatic rings. The van der Waals surface area contributed by atoms with Gasteiger partial charge >= 0.3 is 0 Å². The third-order valence-corrected chi connectivity index (χ3v) is 5.23. The van der Waals surface area contributed by atoms with Crippen LogP contribution in [0, 0.1) is 13.8 Å². The fourth-order valence-electron chi connectivity index (χ4n) is 2.38. The van der Waals surface area contributed by atoms with Gasteiger partial charge in [0.15, 0.2) is 0 Å². The summed E-state index contributed by atoms with van der Waals surface area (Å²) >= 11 is 0. The number of carbonyl (C=O) groups is 1. The fraction of sp³-hybridized carbons (Fsp3) is 0.188. The minimum atomic E-state index is -3.89. The van der Waals surface area contributed by atoms with Crippen LogP contribution in [-0.2, 0) is 14.8 Å². The number of benzene rings is 2. The maximum Gasteiger partial charge on any atom is 0.264 e. The average Bonchev–Trinajstić information content (AvgIpc) is 2.54. The largest absolute Gasteiger partial charge is 0.293 e. The number of rotatable bonds is 5. The van der Waals surface area contributed by atoms with E-state index in [-0.39, 0.29) is 11.4 Å². The number of amides is 1. The fourth-order valence-corrected chi connectivity index (χ4v) is 3.95. The molecule has 6 nitrogen and oxygen atoms in total. The molecule has 0 atom stereocenters. The number of hydrogen-bond acceptors (Lipinski definition) is 4. The molecular formula is C16H19N3O3S. The van der Waals surface area contributed by atoms with E-state index in [1.807, 2.05) is 11.5 Å². The quantitative estimate of drug-likeness (QED) is 0.492. The molecule has 0 fully saturated rings. The average molecular weight is 333 g/mol. The van der Waals surface area contributed by atoms with Gasteiger partial charge in [-0.1, -0.05) is 36.4 Å². The number of aryl methyl sites for hydroxylation is 2. The second-order valence-electron chi connectivity index (χ2n) is 5.13. The molecule has 0 aliphatic rings. The summed E-state index contributed by atoms with van der Waals surface area (Å²) in [5.74, 6) is 4.54. The van der Waals surface area contributed by atoms with E-state index < -0.39 is 15.9 Å². The smallest absolute Gasteiger partial charge is 0.264 e. The number of sulfonamides is 1. The second-order valence-corrected chi connectivity index (χ2v) is 6.99. The van der Waals surface area contributed by atoms with Crippen LogP contribution in [0.1, 0.15) is 11.1 Å². The summed E-state index contributed by atoms with van der Waals surface area (Å²) < 4.78 is 27.1. The highest BCUT2D eigenvalue weighted by atomic mass is 32.2. The first-order chi connectivity index (χ1) is 10.9. The van der Waals surface area contributed by atoms with Crippen molar-refractivity contribution in [2.45, 2.75) is 18.7 Å². The number of carbonyl (C=O) groups excluding carboxylic acids is 1. The monoisotopic (exact) mass is 333 g/mol. The van der Waals surface area contributed by atoms with Crippen molar-refractivity contribution in [3.05, 3.63) is 59.7 Å². The van der Waals surface area contributed by atoms with Crippen LogP contribution in [0.2, 0.25) is 0 Å². The lowest BCUT2D eigenvalue weighted by Gasteiger charge is -2.26. The molecule has 0 unspecified atom stereocenters. The lowest BCUT2D eigenvalue weighted by atomic mass is 10.1. The van der Waals surface area contributed by atoms with Gasteiger partial charge in [-0.3, -0.25) is 14.5 Å². The van der Waals surface area contributed by atoms with Crippen molar-refractivity contribution in [1.82, 2.24) is 5.43 Å². The lowest BCUT2D eigenvalue weighted by Crippen LogP contribution is -2.43. The second kappa shape index (κ2) is 6.80. The normalized spacial score (nSPS) is 11.1. The minimum Gasteiger partial charge on any atom is -0.293 e. The topological polar surface area (TPSA) is 92.5 Å². The van der Waals surface area contributed by atoms with E-state index in [9.17, 15) is 13.2 Å². The third-order valence-electron chi connectivity index (χ3n) is 3.47. The van der Waals surface area contributed by atoms with E-state index in [0.717, 1.165) is 15.4 Å². The predicted molar refractivity (Wildman–Crippen MR) is 89.2 cm³/mol. The van der Waals surface area contributed by atoms with Crippen molar-refractivity contribution in [2.75, 3.05) is 10.8 Å². The van der Waals surface area contributed by atoms with Crippen LogP contribution in [0.5, 0.6) is 0 Å². The van der Waals surface area contributed by atoms with Gasteiger partial charge in [-0.25, -0.2) is 14.3 Å². The SMILES string of the molecule is Cc1cccc(C)c1N(CC(=O)NN)S(=O)(=O)c1ccccc1.